The number of hydrogen-bond donors (Lipinski definition) is 2. The van der Waals surface area contributed by atoms with E-state index in [-0.39, 0.29) is 6.61 Å². The minimum absolute atomic E-state index is 0.102. The van der Waals surface area contributed by atoms with Crippen LogP contribution < -0.4 is 15.8 Å². The van der Waals surface area contributed by atoms with Crippen LogP contribution in [0.25, 0.3) is 0 Å². The maximum absolute atomic E-state index is 10.6. The summed E-state index contributed by atoms with van der Waals surface area (Å²) in [5.74, 6) is 1.99. The van der Waals surface area contributed by atoms with Crippen molar-refractivity contribution in [1.29, 1.82) is 0 Å². The zero-order valence-corrected chi connectivity index (χ0v) is 11.4. The number of ether oxygens (including phenoxy) is 1. The van der Waals surface area contributed by atoms with Crippen LogP contribution in [0.4, 0.5) is 0 Å². The largest absolute Gasteiger partial charge is 0.484 e. The van der Waals surface area contributed by atoms with Gasteiger partial charge in [-0.05, 0) is 36.8 Å². The second-order valence-corrected chi connectivity index (χ2v) is 4.51. The molecule has 5 heteroatoms. The van der Waals surface area contributed by atoms with Crippen LogP contribution in [0.1, 0.15) is 17.1 Å². The molecule has 1 aromatic carbocycles. The number of benzene rings is 1. The molecule has 0 unspecified atom stereocenters. The molecule has 0 saturated heterocycles. The molecule has 0 bridgehead atoms. The van der Waals surface area contributed by atoms with Crippen LogP contribution in [0, 0.1) is 6.92 Å². The quantitative estimate of drug-likeness (QED) is 0.806. The minimum atomic E-state index is -0.482. The van der Waals surface area contributed by atoms with E-state index >= 15 is 0 Å². The molecule has 0 fully saturated rings. The number of amides is 1. The van der Waals surface area contributed by atoms with Gasteiger partial charge in [0.2, 0.25) is 0 Å². The molecule has 0 atom stereocenters. The number of nitrogens with two attached hydrogens (primary N) is 1. The smallest absolute Gasteiger partial charge is 0.255 e. The van der Waals surface area contributed by atoms with E-state index in [0.717, 1.165) is 23.6 Å². The van der Waals surface area contributed by atoms with Gasteiger partial charge in [0.1, 0.15) is 17.3 Å². The molecule has 0 spiro atoms. The highest BCUT2D eigenvalue weighted by atomic mass is 16.5. The lowest BCUT2D eigenvalue weighted by molar-refractivity contribution is -0.119. The van der Waals surface area contributed by atoms with Crippen LogP contribution in [-0.2, 0) is 17.9 Å². The molecule has 2 aromatic rings. The number of furan rings is 1. The average Bonchev–Trinajstić information content (AvgIpc) is 2.83. The Bertz CT molecular complexity index is 561. The molecule has 1 amide bonds. The number of rotatable bonds is 7. The maximum atomic E-state index is 10.6. The molecule has 0 aliphatic rings. The molecule has 3 N–H and O–H groups in total. The molecule has 1 aromatic heterocycles. The van der Waals surface area contributed by atoms with Crippen LogP contribution in [0.3, 0.4) is 0 Å². The first kappa shape index (κ1) is 14.1. The molecule has 0 radical (unpaired) electrons. The third kappa shape index (κ3) is 4.44. The van der Waals surface area contributed by atoms with Crippen LogP contribution in [-0.4, -0.2) is 12.5 Å². The Labute approximate surface area is 117 Å². The Morgan fingerprint density at radius 2 is 1.95 bits per heavy atom. The molecule has 5 nitrogen and oxygen atoms in total. The second kappa shape index (κ2) is 6.77. The highest BCUT2D eigenvalue weighted by Crippen LogP contribution is 2.12. The summed E-state index contributed by atoms with van der Waals surface area (Å²) in [6, 6.07) is 11.4. The van der Waals surface area contributed by atoms with Gasteiger partial charge in [-0.3, -0.25) is 4.79 Å². The highest BCUT2D eigenvalue weighted by Gasteiger charge is 2.00. The van der Waals surface area contributed by atoms with E-state index in [1.807, 2.05) is 43.3 Å². The molecular weight excluding hydrogens is 256 g/mol. The van der Waals surface area contributed by atoms with Crippen molar-refractivity contribution in [3.8, 4) is 5.75 Å². The molecule has 2 rings (SSSR count). The Hall–Kier alpha value is -2.27. The fourth-order valence-electron chi connectivity index (χ4n) is 1.77. The molecule has 0 aliphatic carbocycles. The highest BCUT2D eigenvalue weighted by molar-refractivity contribution is 5.75. The zero-order valence-electron chi connectivity index (χ0n) is 11.4. The van der Waals surface area contributed by atoms with E-state index in [1.165, 1.54) is 0 Å². The van der Waals surface area contributed by atoms with Gasteiger partial charge >= 0.3 is 0 Å². The third-order valence-corrected chi connectivity index (χ3v) is 2.73. The molecule has 1 heterocycles. The van der Waals surface area contributed by atoms with E-state index in [4.69, 9.17) is 14.9 Å². The van der Waals surface area contributed by atoms with Gasteiger partial charge in [0, 0.05) is 6.54 Å². The van der Waals surface area contributed by atoms with Gasteiger partial charge in [-0.1, -0.05) is 12.1 Å². The van der Waals surface area contributed by atoms with E-state index in [9.17, 15) is 4.79 Å². The average molecular weight is 274 g/mol. The number of aryl methyl sites for hydroxylation is 1. The Morgan fingerprint density at radius 3 is 2.55 bits per heavy atom. The summed E-state index contributed by atoms with van der Waals surface area (Å²) in [7, 11) is 0. The number of carbonyl (C=O) groups excluding carboxylic acids is 1. The maximum Gasteiger partial charge on any atom is 0.255 e. The first-order valence-electron chi connectivity index (χ1n) is 6.39. The zero-order chi connectivity index (χ0) is 14.4. The Balaban J connectivity index is 1.77. The van der Waals surface area contributed by atoms with E-state index in [1.54, 1.807) is 0 Å². The van der Waals surface area contributed by atoms with Crippen molar-refractivity contribution in [2.45, 2.75) is 20.0 Å². The van der Waals surface area contributed by atoms with Crippen molar-refractivity contribution in [2.75, 3.05) is 6.61 Å². The van der Waals surface area contributed by atoms with Gasteiger partial charge in [-0.25, -0.2) is 0 Å². The third-order valence-electron chi connectivity index (χ3n) is 2.73. The Morgan fingerprint density at radius 1 is 1.20 bits per heavy atom. The standard InChI is InChI=1S/C15H18N2O3/c1-11-2-5-14(20-11)9-17-8-12-3-6-13(7-4-12)19-10-15(16)18/h2-7,17H,8-10H2,1H3,(H2,16,18). The van der Waals surface area contributed by atoms with Gasteiger partial charge in [-0.2, -0.15) is 0 Å². The first-order chi connectivity index (χ1) is 9.63. The van der Waals surface area contributed by atoms with Gasteiger partial charge in [0.25, 0.3) is 5.91 Å². The summed E-state index contributed by atoms with van der Waals surface area (Å²) in [5.41, 5.74) is 6.13. The fraction of sp³-hybridized carbons (Fsp3) is 0.267. The summed E-state index contributed by atoms with van der Waals surface area (Å²) in [4.78, 5) is 10.6. The van der Waals surface area contributed by atoms with Crippen molar-refractivity contribution in [3.05, 3.63) is 53.5 Å². The Kier molecular flexibility index (Phi) is 4.79. The predicted octanol–water partition coefficient (Wildman–Crippen LogP) is 1.74. The molecule has 20 heavy (non-hydrogen) atoms. The van der Waals surface area contributed by atoms with Gasteiger partial charge in [-0.15, -0.1) is 0 Å². The number of carbonyl (C=O) groups is 1. The van der Waals surface area contributed by atoms with Gasteiger partial charge in [0.05, 0.1) is 6.54 Å². The molecule has 0 saturated carbocycles. The molecular formula is C15H18N2O3. The van der Waals surface area contributed by atoms with Gasteiger partial charge in [0.15, 0.2) is 6.61 Å². The lowest BCUT2D eigenvalue weighted by Crippen LogP contribution is -2.20. The lowest BCUT2D eigenvalue weighted by atomic mass is 10.2. The number of hydrogen-bond acceptors (Lipinski definition) is 4. The van der Waals surface area contributed by atoms with Crippen LogP contribution >= 0.6 is 0 Å². The van der Waals surface area contributed by atoms with E-state index in [0.29, 0.717) is 12.3 Å². The van der Waals surface area contributed by atoms with Crippen molar-refractivity contribution >= 4 is 5.91 Å². The fourth-order valence-corrected chi connectivity index (χ4v) is 1.77. The number of nitrogens with one attached hydrogen (secondary N) is 1. The van der Waals surface area contributed by atoms with Gasteiger partial charge < -0.3 is 20.2 Å². The van der Waals surface area contributed by atoms with Crippen LogP contribution in [0.5, 0.6) is 5.75 Å². The van der Waals surface area contributed by atoms with E-state index in [2.05, 4.69) is 5.32 Å². The summed E-state index contributed by atoms with van der Waals surface area (Å²) in [6.45, 7) is 3.24. The summed E-state index contributed by atoms with van der Waals surface area (Å²) in [5, 5.41) is 3.29. The summed E-state index contributed by atoms with van der Waals surface area (Å²) >= 11 is 0. The van der Waals surface area contributed by atoms with Crippen molar-refractivity contribution in [2.24, 2.45) is 5.73 Å². The normalized spacial score (nSPS) is 10.4. The monoisotopic (exact) mass is 274 g/mol. The van der Waals surface area contributed by atoms with Crippen molar-refractivity contribution in [3.63, 3.8) is 0 Å². The van der Waals surface area contributed by atoms with Crippen LogP contribution in [0.2, 0.25) is 0 Å². The summed E-state index contributed by atoms with van der Waals surface area (Å²) < 4.78 is 10.7. The summed E-state index contributed by atoms with van der Waals surface area (Å²) in [6.07, 6.45) is 0. The lowest BCUT2D eigenvalue weighted by Gasteiger charge is -2.06. The van der Waals surface area contributed by atoms with Crippen molar-refractivity contribution < 1.29 is 13.9 Å². The second-order valence-electron chi connectivity index (χ2n) is 4.51. The van der Waals surface area contributed by atoms with Crippen molar-refractivity contribution in [1.82, 2.24) is 5.32 Å². The minimum Gasteiger partial charge on any atom is -0.484 e. The van der Waals surface area contributed by atoms with E-state index < -0.39 is 5.91 Å². The molecule has 106 valence electrons. The first-order valence-corrected chi connectivity index (χ1v) is 6.39. The SMILES string of the molecule is Cc1ccc(CNCc2ccc(OCC(N)=O)cc2)o1. The number of primary amides is 1. The topological polar surface area (TPSA) is 77.5 Å². The molecule has 0 aliphatic heterocycles. The van der Waals surface area contributed by atoms with Crippen LogP contribution in [0.15, 0.2) is 40.8 Å². The predicted molar refractivity (Wildman–Crippen MR) is 75.1 cm³/mol.